The average Bonchev–Trinajstić information content (AvgIpc) is 3.14. The number of hydrogen-bond donors (Lipinski definition) is 1. The number of nitrogens with zero attached hydrogens (tertiary/aromatic N) is 2. The largest absolute Gasteiger partial charge is 0.490 e. The molecule has 0 spiro atoms. The van der Waals surface area contributed by atoms with Gasteiger partial charge in [-0.2, -0.15) is 13.2 Å². The van der Waals surface area contributed by atoms with Gasteiger partial charge in [0.1, 0.15) is 0 Å². The zero-order valence-electron chi connectivity index (χ0n) is 17.0. The first kappa shape index (κ1) is 24.1. The van der Waals surface area contributed by atoms with Crippen LogP contribution in [0, 0.1) is 11.3 Å². The van der Waals surface area contributed by atoms with Crippen molar-refractivity contribution < 1.29 is 46.1 Å². The maximum absolute atomic E-state index is 13.1. The number of alkyl halides is 5. The second-order valence-corrected chi connectivity index (χ2v) is 8.24. The fraction of sp³-hybridized carbons (Fsp3) is 0.650. The van der Waals surface area contributed by atoms with E-state index in [4.69, 9.17) is 19.4 Å². The minimum absolute atomic E-state index is 0.0445. The summed E-state index contributed by atoms with van der Waals surface area (Å²) in [5.74, 6) is -5.57. The van der Waals surface area contributed by atoms with Gasteiger partial charge in [0.05, 0.1) is 18.1 Å². The molecular weight excluding hydrogens is 443 g/mol. The third kappa shape index (κ3) is 5.64. The molecule has 12 heteroatoms. The van der Waals surface area contributed by atoms with Gasteiger partial charge < -0.3 is 19.5 Å². The number of carboxylic acid groups (broad SMARTS) is 1. The molecule has 178 valence electrons. The van der Waals surface area contributed by atoms with Crippen LogP contribution in [0.25, 0.3) is 0 Å². The van der Waals surface area contributed by atoms with Gasteiger partial charge in [-0.15, -0.1) is 0 Å². The zero-order valence-corrected chi connectivity index (χ0v) is 17.0. The molecule has 4 rings (SSSR count). The number of piperidine rings is 1. The van der Waals surface area contributed by atoms with E-state index in [0.717, 1.165) is 12.8 Å². The van der Waals surface area contributed by atoms with Crippen LogP contribution in [-0.2, 0) is 14.3 Å². The molecule has 1 aromatic heterocycles. The van der Waals surface area contributed by atoms with E-state index in [9.17, 15) is 26.7 Å². The lowest BCUT2D eigenvalue weighted by Crippen LogP contribution is -2.57. The molecule has 1 amide bonds. The molecule has 32 heavy (non-hydrogen) atoms. The molecule has 3 fully saturated rings. The minimum Gasteiger partial charge on any atom is -0.477 e. The van der Waals surface area contributed by atoms with Gasteiger partial charge in [0.25, 0.3) is 0 Å². The van der Waals surface area contributed by atoms with Crippen LogP contribution in [-0.4, -0.2) is 71.4 Å². The molecule has 2 aliphatic heterocycles. The summed E-state index contributed by atoms with van der Waals surface area (Å²) in [6.45, 7) is 2.13. The fourth-order valence-corrected chi connectivity index (χ4v) is 4.19. The van der Waals surface area contributed by atoms with Gasteiger partial charge in [0, 0.05) is 50.7 Å². The number of rotatable bonds is 4. The molecule has 0 aromatic carbocycles. The first-order chi connectivity index (χ1) is 14.9. The number of fused-ring (bicyclic) bond motifs is 1. The van der Waals surface area contributed by atoms with Gasteiger partial charge in [0.2, 0.25) is 17.7 Å². The highest BCUT2D eigenvalue weighted by Crippen LogP contribution is 2.46. The molecule has 1 N–H and O–H groups in total. The summed E-state index contributed by atoms with van der Waals surface area (Å²) in [7, 11) is 0. The molecule has 2 saturated heterocycles. The van der Waals surface area contributed by atoms with Crippen LogP contribution in [0.1, 0.15) is 25.7 Å². The SMILES string of the molecule is O=C(C1CC(F)(F)C1)N1CC[C@H]2OCC[C@@]2(COc2ccccn2)C1.O=C(O)C(F)(F)F. The van der Waals surface area contributed by atoms with Crippen LogP contribution < -0.4 is 4.74 Å². The van der Waals surface area contributed by atoms with Gasteiger partial charge in [-0.1, -0.05) is 6.07 Å². The third-order valence-electron chi connectivity index (χ3n) is 5.91. The van der Waals surface area contributed by atoms with Crippen LogP contribution in [0.5, 0.6) is 5.88 Å². The molecule has 3 aliphatic rings. The topological polar surface area (TPSA) is 89.0 Å². The third-order valence-corrected chi connectivity index (χ3v) is 5.91. The number of carboxylic acids is 1. The molecular formula is C20H23F5N2O5. The molecule has 0 unspecified atom stereocenters. The van der Waals surface area contributed by atoms with Gasteiger partial charge in [-0.3, -0.25) is 4.79 Å². The highest BCUT2D eigenvalue weighted by atomic mass is 19.4. The summed E-state index contributed by atoms with van der Waals surface area (Å²) in [6, 6.07) is 5.47. The minimum atomic E-state index is -5.08. The van der Waals surface area contributed by atoms with Crippen molar-refractivity contribution in [1.82, 2.24) is 9.88 Å². The number of aromatic nitrogens is 1. The van der Waals surface area contributed by atoms with Gasteiger partial charge in [0.15, 0.2) is 0 Å². The monoisotopic (exact) mass is 466 g/mol. The molecule has 1 saturated carbocycles. The van der Waals surface area contributed by atoms with Crippen molar-refractivity contribution in [3.8, 4) is 5.88 Å². The van der Waals surface area contributed by atoms with Crippen molar-refractivity contribution in [3.05, 3.63) is 24.4 Å². The lowest BCUT2D eigenvalue weighted by Gasteiger charge is -2.45. The molecule has 1 aliphatic carbocycles. The molecule has 0 radical (unpaired) electrons. The lowest BCUT2D eigenvalue weighted by atomic mass is 9.75. The Morgan fingerprint density at radius 2 is 1.97 bits per heavy atom. The van der Waals surface area contributed by atoms with E-state index in [1.54, 1.807) is 17.2 Å². The number of likely N-dealkylation sites (tertiary alicyclic amines) is 1. The van der Waals surface area contributed by atoms with Gasteiger partial charge in [-0.25, -0.2) is 18.6 Å². The molecule has 3 heterocycles. The van der Waals surface area contributed by atoms with Crippen LogP contribution in [0.2, 0.25) is 0 Å². The second kappa shape index (κ2) is 9.16. The first-order valence-electron chi connectivity index (χ1n) is 10.0. The molecule has 0 bridgehead atoms. The van der Waals surface area contributed by atoms with Crippen molar-refractivity contribution in [1.29, 1.82) is 0 Å². The first-order valence-corrected chi connectivity index (χ1v) is 10.0. The zero-order chi connectivity index (χ0) is 23.6. The number of carbonyl (C=O) groups is 2. The summed E-state index contributed by atoms with van der Waals surface area (Å²) in [5.41, 5.74) is -0.280. The lowest BCUT2D eigenvalue weighted by molar-refractivity contribution is -0.192. The Labute approximate surface area is 180 Å². The quantitative estimate of drug-likeness (QED) is 0.686. The Bertz CT molecular complexity index is 814. The molecule has 1 aromatic rings. The Kier molecular flexibility index (Phi) is 6.91. The number of ether oxygens (including phenoxy) is 2. The second-order valence-electron chi connectivity index (χ2n) is 8.24. The predicted octanol–water partition coefficient (Wildman–Crippen LogP) is 3.15. The number of halogens is 5. The summed E-state index contributed by atoms with van der Waals surface area (Å²) in [6.07, 6.45) is -2.49. The van der Waals surface area contributed by atoms with Crippen molar-refractivity contribution in [3.63, 3.8) is 0 Å². The number of carbonyl (C=O) groups excluding carboxylic acids is 1. The van der Waals surface area contributed by atoms with E-state index in [2.05, 4.69) is 4.98 Å². The summed E-state index contributed by atoms with van der Waals surface area (Å²) < 4.78 is 69.6. The van der Waals surface area contributed by atoms with Gasteiger partial charge in [-0.05, 0) is 18.9 Å². The summed E-state index contributed by atoms with van der Waals surface area (Å²) in [4.78, 5) is 27.4. The standard InChI is InChI=1S/C18H22F2N2O3.C2HF3O2/c19-18(20)9-13(10-18)16(23)22-7-4-14-17(11-22,5-8-24-14)12-25-15-3-1-2-6-21-15;3-2(4,5)1(6)7/h1-3,6,13-14H,4-5,7-12H2;(H,6,7)/t14-,17+;/m1./s1. The van der Waals surface area contributed by atoms with E-state index < -0.39 is 24.0 Å². The summed E-state index contributed by atoms with van der Waals surface area (Å²) >= 11 is 0. The average molecular weight is 466 g/mol. The van der Waals surface area contributed by atoms with Crippen molar-refractivity contribution in [2.75, 3.05) is 26.3 Å². The van der Waals surface area contributed by atoms with Crippen molar-refractivity contribution in [2.24, 2.45) is 11.3 Å². The predicted molar refractivity (Wildman–Crippen MR) is 99.1 cm³/mol. The van der Waals surface area contributed by atoms with Crippen molar-refractivity contribution >= 4 is 11.9 Å². The molecule has 7 nitrogen and oxygen atoms in total. The smallest absolute Gasteiger partial charge is 0.477 e. The van der Waals surface area contributed by atoms with Crippen LogP contribution in [0.4, 0.5) is 22.0 Å². The Morgan fingerprint density at radius 1 is 1.28 bits per heavy atom. The van der Waals surface area contributed by atoms with Gasteiger partial charge >= 0.3 is 12.1 Å². The van der Waals surface area contributed by atoms with E-state index in [0.29, 0.717) is 32.2 Å². The molecule has 2 atom stereocenters. The van der Waals surface area contributed by atoms with Crippen LogP contribution in [0.3, 0.4) is 0 Å². The highest BCUT2D eigenvalue weighted by molar-refractivity contribution is 5.80. The maximum atomic E-state index is 13.1. The number of aliphatic carboxylic acids is 1. The maximum Gasteiger partial charge on any atom is 0.490 e. The Balaban J connectivity index is 0.000000360. The van der Waals surface area contributed by atoms with E-state index in [1.165, 1.54) is 0 Å². The van der Waals surface area contributed by atoms with Crippen molar-refractivity contribution in [2.45, 2.75) is 43.9 Å². The van der Waals surface area contributed by atoms with Crippen LogP contribution >= 0.6 is 0 Å². The normalized spacial score (nSPS) is 26.9. The highest BCUT2D eigenvalue weighted by Gasteiger charge is 2.54. The Hall–Kier alpha value is -2.50. The summed E-state index contributed by atoms with van der Waals surface area (Å²) in [5, 5.41) is 7.12. The Morgan fingerprint density at radius 3 is 2.53 bits per heavy atom. The van der Waals surface area contributed by atoms with E-state index >= 15 is 0 Å². The van der Waals surface area contributed by atoms with Crippen LogP contribution in [0.15, 0.2) is 24.4 Å². The number of pyridine rings is 1. The van der Waals surface area contributed by atoms with E-state index in [1.807, 2.05) is 12.1 Å². The van der Waals surface area contributed by atoms with E-state index in [-0.39, 0.29) is 30.3 Å². The number of amides is 1. The number of hydrogen-bond acceptors (Lipinski definition) is 5. The fourth-order valence-electron chi connectivity index (χ4n) is 4.19.